The molecule has 3 heterocycles. The first kappa shape index (κ1) is 18.1. The Kier molecular flexibility index (Phi) is 5.05. The van der Waals surface area contributed by atoms with Crippen LogP contribution in [0.25, 0.3) is 0 Å². The summed E-state index contributed by atoms with van der Waals surface area (Å²) in [6, 6.07) is 7.23. The van der Waals surface area contributed by atoms with Gasteiger partial charge >= 0.3 is 6.03 Å². The first-order chi connectivity index (χ1) is 13.6. The maximum Gasteiger partial charge on any atom is 0.321 e. The molecule has 28 heavy (non-hydrogen) atoms. The third kappa shape index (κ3) is 3.88. The summed E-state index contributed by atoms with van der Waals surface area (Å²) in [4.78, 5) is 25.5. The maximum absolute atomic E-state index is 12.6. The predicted octanol–water partition coefficient (Wildman–Crippen LogP) is 2.30. The number of benzene rings is 1. The molecule has 1 aromatic heterocycles. The van der Waals surface area contributed by atoms with Crippen molar-refractivity contribution < 1.29 is 14.3 Å². The number of rotatable bonds is 4. The van der Waals surface area contributed by atoms with Gasteiger partial charge in [-0.1, -0.05) is 0 Å². The van der Waals surface area contributed by atoms with Crippen LogP contribution in [0, 0.1) is 6.92 Å². The van der Waals surface area contributed by atoms with E-state index < -0.39 is 0 Å². The highest BCUT2D eigenvalue weighted by atomic mass is 16.7. The van der Waals surface area contributed by atoms with Gasteiger partial charge in [0.05, 0.1) is 0 Å². The van der Waals surface area contributed by atoms with Crippen molar-refractivity contribution in [3.63, 3.8) is 0 Å². The number of nitrogens with one attached hydrogen (secondary N) is 2. The van der Waals surface area contributed by atoms with E-state index in [-0.39, 0.29) is 12.8 Å². The summed E-state index contributed by atoms with van der Waals surface area (Å²) in [6.45, 7) is 7.63. The average molecular weight is 384 g/mol. The molecular formula is C19H24N6O3. The van der Waals surface area contributed by atoms with Crippen LogP contribution in [0.4, 0.5) is 22.1 Å². The zero-order valence-corrected chi connectivity index (χ0v) is 16.1. The van der Waals surface area contributed by atoms with Crippen LogP contribution in [0.2, 0.25) is 0 Å². The number of anilines is 3. The van der Waals surface area contributed by atoms with Crippen molar-refractivity contribution >= 4 is 23.4 Å². The van der Waals surface area contributed by atoms with Crippen LogP contribution in [-0.2, 0) is 0 Å². The van der Waals surface area contributed by atoms with Gasteiger partial charge in [-0.25, -0.2) is 14.8 Å². The van der Waals surface area contributed by atoms with Gasteiger partial charge < -0.3 is 29.9 Å². The van der Waals surface area contributed by atoms with Crippen molar-refractivity contribution in [2.45, 2.75) is 13.8 Å². The summed E-state index contributed by atoms with van der Waals surface area (Å²) in [5.41, 5.74) is 0.693. The largest absolute Gasteiger partial charge is 0.454 e. The van der Waals surface area contributed by atoms with Gasteiger partial charge in [0.2, 0.25) is 6.79 Å². The Labute approximate surface area is 163 Å². The van der Waals surface area contributed by atoms with Crippen molar-refractivity contribution in [1.29, 1.82) is 0 Å². The molecule has 0 aliphatic carbocycles. The van der Waals surface area contributed by atoms with Crippen LogP contribution in [0.1, 0.15) is 12.7 Å². The number of carbonyl (C=O) groups excluding carboxylic acids is 1. The summed E-state index contributed by atoms with van der Waals surface area (Å²) < 4.78 is 10.6. The molecule has 2 aliphatic rings. The average Bonchev–Trinajstić information content (AvgIpc) is 3.16. The fraction of sp³-hybridized carbons (Fsp3) is 0.421. The zero-order chi connectivity index (χ0) is 19.5. The Morgan fingerprint density at radius 1 is 1.11 bits per heavy atom. The second-order valence-electron chi connectivity index (χ2n) is 6.66. The molecule has 2 aromatic rings. The molecule has 9 heteroatoms. The maximum atomic E-state index is 12.6. The van der Waals surface area contributed by atoms with Gasteiger partial charge in [0.15, 0.2) is 11.5 Å². The minimum atomic E-state index is -0.120. The zero-order valence-electron chi connectivity index (χ0n) is 16.1. The lowest BCUT2D eigenvalue weighted by molar-refractivity contribution is 0.174. The summed E-state index contributed by atoms with van der Waals surface area (Å²) in [7, 11) is 0. The van der Waals surface area contributed by atoms with E-state index in [9.17, 15) is 4.79 Å². The van der Waals surface area contributed by atoms with Crippen LogP contribution in [0.3, 0.4) is 0 Å². The Morgan fingerprint density at radius 2 is 1.89 bits per heavy atom. The van der Waals surface area contributed by atoms with Crippen molar-refractivity contribution in [3.8, 4) is 11.5 Å². The minimum Gasteiger partial charge on any atom is -0.454 e. The highest BCUT2D eigenvalue weighted by molar-refractivity contribution is 5.90. The minimum absolute atomic E-state index is 0.120. The summed E-state index contributed by atoms with van der Waals surface area (Å²) >= 11 is 0. The van der Waals surface area contributed by atoms with E-state index in [0.717, 1.165) is 37.1 Å². The molecule has 2 amide bonds. The molecule has 2 N–H and O–H groups in total. The molecule has 0 unspecified atom stereocenters. The standard InChI is InChI=1S/C19H24N6O3/c1-3-20-17-11-18(22-13(2)21-17)24-6-8-25(9-7-24)19(26)23-14-4-5-15-16(10-14)28-12-27-15/h4-5,10-11H,3,6-9,12H2,1-2H3,(H,23,26)(H,20,21,22). The number of hydrogen-bond acceptors (Lipinski definition) is 7. The lowest BCUT2D eigenvalue weighted by atomic mass is 10.2. The van der Waals surface area contributed by atoms with Crippen LogP contribution in [-0.4, -0.2) is 60.4 Å². The monoisotopic (exact) mass is 384 g/mol. The molecule has 148 valence electrons. The molecule has 9 nitrogen and oxygen atoms in total. The normalized spacial score (nSPS) is 15.5. The van der Waals surface area contributed by atoms with Crippen LogP contribution >= 0.6 is 0 Å². The lowest BCUT2D eigenvalue weighted by Gasteiger charge is -2.35. The number of ether oxygens (including phenoxy) is 2. The highest BCUT2D eigenvalue weighted by Gasteiger charge is 2.23. The molecule has 4 rings (SSSR count). The molecule has 0 spiro atoms. The Bertz CT molecular complexity index is 867. The molecule has 1 aromatic carbocycles. The van der Waals surface area contributed by atoms with E-state index in [1.807, 2.05) is 26.0 Å². The fourth-order valence-corrected chi connectivity index (χ4v) is 3.30. The smallest absolute Gasteiger partial charge is 0.321 e. The second-order valence-corrected chi connectivity index (χ2v) is 6.66. The van der Waals surface area contributed by atoms with Crippen molar-refractivity contribution in [1.82, 2.24) is 14.9 Å². The van der Waals surface area contributed by atoms with Crippen LogP contribution < -0.4 is 25.0 Å². The molecular weight excluding hydrogens is 360 g/mol. The lowest BCUT2D eigenvalue weighted by Crippen LogP contribution is -2.50. The van der Waals surface area contributed by atoms with Crippen LogP contribution in [0.15, 0.2) is 24.3 Å². The number of aromatic nitrogens is 2. The number of fused-ring (bicyclic) bond motifs is 1. The molecule has 0 radical (unpaired) electrons. The number of nitrogens with zero attached hydrogens (tertiary/aromatic N) is 4. The van der Waals surface area contributed by atoms with Gasteiger partial charge in [0.25, 0.3) is 0 Å². The summed E-state index contributed by atoms with van der Waals surface area (Å²) in [5.74, 6) is 3.80. The third-order valence-corrected chi connectivity index (χ3v) is 4.70. The number of carbonyl (C=O) groups is 1. The quantitative estimate of drug-likeness (QED) is 0.836. The van der Waals surface area contributed by atoms with E-state index >= 15 is 0 Å². The number of hydrogen-bond donors (Lipinski definition) is 2. The number of urea groups is 1. The molecule has 0 saturated carbocycles. The summed E-state index contributed by atoms with van der Waals surface area (Å²) in [6.07, 6.45) is 0. The Balaban J connectivity index is 1.35. The fourth-order valence-electron chi connectivity index (χ4n) is 3.30. The van der Waals surface area contributed by atoms with Crippen LogP contribution in [0.5, 0.6) is 11.5 Å². The SMILES string of the molecule is CCNc1cc(N2CCN(C(=O)Nc3ccc4c(c3)OCO4)CC2)nc(C)n1. The molecule has 0 bridgehead atoms. The Hall–Kier alpha value is -3.23. The van der Waals surface area contributed by atoms with Crippen molar-refractivity contribution in [2.24, 2.45) is 0 Å². The second kappa shape index (κ2) is 7.79. The highest BCUT2D eigenvalue weighted by Crippen LogP contribution is 2.34. The topological polar surface area (TPSA) is 91.9 Å². The molecule has 1 saturated heterocycles. The number of amides is 2. The summed E-state index contributed by atoms with van der Waals surface area (Å²) in [5, 5.41) is 6.16. The Morgan fingerprint density at radius 3 is 2.68 bits per heavy atom. The van der Waals surface area contributed by atoms with E-state index in [1.54, 1.807) is 17.0 Å². The predicted molar refractivity (Wildman–Crippen MR) is 106 cm³/mol. The first-order valence-corrected chi connectivity index (χ1v) is 9.42. The van der Waals surface area contributed by atoms with Gasteiger partial charge in [-0.2, -0.15) is 0 Å². The van der Waals surface area contributed by atoms with E-state index in [1.165, 1.54) is 0 Å². The molecule has 2 aliphatic heterocycles. The molecule has 1 fully saturated rings. The van der Waals surface area contributed by atoms with Gasteiger partial charge in [0, 0.05) is 50.5 Å². The van der Waals surface area contributed by atoms with Gasteiger partial charge in [0.1, 0.15) is 17.5 Å². The first-order valence-electron chi connectivity index (χ1n) is 9.42. The molecule has 0 atom stereocenters. The third-order valence-electron chi connectivity index (χ3n) is 4.70. The van der Waals surface area contributed by atoms with E-state index in [2.05, 4.69) is 25.5 Å². The number of aryl methyl sites for hydroxylation is 1. The van der Waals surface area contributed by atoms with Gasteiger partial charge in [-0.3, -0.25) is 0 Å². The van der Waals surface area contributed by atoms with E-state index in [0.29, 0.717) is 30.3 Å². The van der Waals surface area contributed by atoms with Crippen molar-refractivity contribution in [3.05, 3.63) is 30.1 Å². The van der Waals surface area contributed by atoms with Crippen molar-refractivity contribution in [2.75, 3.05) is 55.1 Å². The van der Waals surface area contributed by atoms with Gasteiger partial charge in [-0.15, -0.1) is 0 Å². The number of piperazine rings is 1. The van der Waals surface area contributed by atoms with E-state index in [4.69, 9.17) is 9.47 Å². The van der Waals surface area contributed by atoms with Gasteiger partial charge in [-0.05, 0) is 26.0 Å².